The van der Waals surface area contributed by atoms with Gasteiger partial charge in [-0.2, -0.15) is 0 Å². The Labute approximate surface area is 85.4 Å². The normalized spacial score (nSPS) is 22.1. The lowest BCUT2D eigenvalue weighted by Crippen LogP contribution is -2.27. The first-order valence-corrected chi connectivity index (χ1v) is 6.53. The van der Waals surface area contributed by atoms with Crippen molar-refractivity contribution in [3.05, 3.63) is 0 Å². The molecule has 84 valence electrons. The van der Waals surface area contributed by atoms with Crippen molar-refractivity contribution in [1.82, 2.24) is 0 Å². The van der Waals surface area contributed by atoms with Crippen LogP contribution in [-0.2, 0) is 14.9 Å². The van der Waals surface area contributed by atoms with Crippen LogP contribution in [0.25, 0.3) is 0 Å². The van der Waals surface area contributed by atoms with Gasteiger partial charge in [0.2, 0.25) is 0 Å². The smallest absolute Gasteiger partial charge is 0.0995 e. The van der Waals surface area contributed by atoms with Gasteiger partial charge in [-0.3, -0.25) is 0 Å². The lowest BCUT2D eigenvalue weighted by Gasteiger charge is -2.24. The summed E-state index contributed by atoms with van der Waals surface area (Å²) in [4.78, 5) is 0. The maximum atomic E-state index is 10.6. The molecule has 1 aliphatic rings. The molecule has 0 radical (unpaired) electrons. The minimum absolute atomic E-state index is 0.0382. The van der Waals surface area contributed by atoms with Gasteiger partial charge in [0, 0.05) is 0 Å². The number of ether oxygens (including phenoxy) is 1. The first-order chi connectivity index (χ1) is 6.50. The number of rotatable bonds is 4. The number of hydrogen-bond donors (Lipinski definition) is 0. The Morgan fingerprint density at radius 2 is 1.93 bits per heavy atom. The van der Waals surface area contributed by atoms with E-state index >= 15 is 0 Å². The van der Waals surface area contributed by atoms with Gasteiger partial charge in [-0.15, -0.1) is 0 Å². The standard InChI is InChI=1S/C9H18O4S/c1-8(14(10,11)12)7-13-9-5-3-2-4-6-9/h8-9H,2-7H2,1H3,(H,10,11,12)/p-1. The van der Waals surface area contributed by atoms with Crippen molar-refractivity contribution in [3.8, 4) is 0 Å². The van der Waals surface area contributed by atoms with Crippen molar-refractivity contribution < 1.29 is 17.7 Å². The van der Waals surface area contributed by atoms with E-state index in [1.807, 2.05) is 0 Å². The van der Waals surface area contributed by atoms with E-state index in [1.54, 1.807) is 0 Å². The van der Waals surface area contributed by atoms with E-state index in [0.717, 1.165) is 25.7 Å². The Kier molecular flexibility index (Phi) is 4.34. The minimum Gasteiger partial charge on any atom is -0.748 e. The molecule has 1 fully saturated rings. The molecule has 0 saturated heterocycles. The molecule has 1 atom stereocenters. The van der Waals surface area contributed by atoms with Gasteiger partial charge in [-0.25, -0.2) is 8.42 Å². The lowest BCUT2D eigenvalue weighted by molar-refractivity contribution is 0.0293. The zero-order valence-corrected chi connectivity index (χ0v) is 9.26. The van der Waals surface area contributed by atoms with Crippen molar-refractivity contribution in [2.75, 3.05) is 6.61 Å². The molecule has 14 heavy (non-hydrogen) atoms. The van der Waals surface area contributed by atoms with E-state index in [1.165, 1.54) is 13.3 Å². The molecule has 0 heterocycles. The molecule has 1 aliphatic carbocycles. The molecule has 0 aromatic rings. The first kappa shape index (κ1) is 11.9. The summed E-state index contributed by atoms with van der Waals surface area (Å²) in [5.41, 5.74) is 0. The van der Waals surface area contributed by atoms with E-state index in [4.69, 9.17) is 4.74 Å². The summed E-state index contributed by atoms with van der Waals surface area (Å²) in [7, 11) is -4.18. The third-order valence-corrected chi connectivity index (χ3v) is 3.73. The first-order valence-electron chi connectivity index (χ1n) is 5.06. The molecule has 0 bridgehead atoms. The summed E-state index contributed by atoms with van der Waals surface area (Å²) in [5.74, 6) is 0. The largest absolute Gasteiger partial charge is 0.748 e. The Morgan fingerprint density at radius 3 is 2.43 bits per heavy atom. The summed E-state index contributed by atoms with van der Waals surface area (Å²) < 4.78 is 37.1. The van der Waals surface area contributed by atoms with Crippen LogP contribution in [0.15, 0.2) is 0 Å². The molecule has 4 nitrogen and oxygen atoms in total. The molecule has 0 aromatic heterocycles. The van der Waals surface area contributed by atoms with Crippen LogP contribution < -0.4 is 0 Å². The molecule has 1 unspecified atom stereocenters. The van der Waals surface area contributed by atoms with Crippen LogP contribution in [0.3, 0.4) is 0 Å². The zero-order chi connectivity index (χ0) is 10.6. The molecule has 0 aromatic carbocycles. The highest BCUT2D eigenvalue weighted by atomic mass is 32.2. The SMILES string of the molecule is CC(COC1CCCCC1)S(=O)(=O)[O-]. The number of hydrogen-bond acceptors (Lipinski definition) is 4. The van der Waals surface area contributed by atoms with Crippen LogP contribution in [0, 0.1) is 0 Å². The molecule has 5 heteroatoms. The highest BCUT2D eigenvalue weighted by molar-refractivity contribution is 7.86. The Hall–Kier alpha value is -0.130. The van der Waals surface area contributed by atoms with Crippen LogP contribution >= 0.6 is 0 Å². The van der Waals surface area contributed by atoms with Crippen molar-refractivity contribution >= 4 is 10.1 Å². The van der Waals surface area contributed by atoms with Gasteiger partial charge in [-0.05, 0) is 19.8 Å². The van der Waals surface area contributed by atoms with Gasteiger partial charge < -0.3 is 9.29 Å². The molecule has 0 spiro atoms. The monoisotopic (exact) mass is 221 g/mol. The van der Waals surface area contributed by atoms with Crippen molar-refractivity contribution in [2.45, 2.75) is 50.4 Å². The molecule has 1 saturated carbocycles. The Morgan fingerprint density at radius 1 is 1.36 bits per heavy atom. The van der Waals surface area contributed by atoms with E-state index in [0.29, 0.717) is 0 Å². The molecule has 0 amide bonds. The summed E-state index contributed by atoms with van der Waals surface area (Å²) in [5, 5.41) is -0.926. The summed E-state index contributed by atoms with van der Waals surface area (Å²) in [6, 6.07) is 0. The van der Waals surface area contributed by atoms with Gasteiger partial charge >= 0.3 is 0 Å². The fraction of sp³-hybridized carbons (Fsp3) is 1.00. The third-order valence-electron chi connectivity index (χ3n) is 2.61. The maximum absolute atomic E-state index is 10.6. The van der Waals surface area contributed by atoms with Crippen molar-refractivity contribution in [1.29, 1.82) is 0 Å². The molecular weight excluding hydrogens is 204 g/mol. The summed E-state index contributed by atoms with van der Waals surface area (Å²) in [6.45, 7) is 1.43. The quantitative estimate of drug-likeness (QED) is 0.670. The predicted octanol–water partition coefficient (Wildman–Crippen LogP) is 1.27. The maximum Gasteiger partial charge on any atom is 0.0995 e. The van der Waals surface area contributed by atoms with Gasteiger partial charge in [-0.1, -0.05) is 19.3 Å². The highest BCUT2D eigenvalue weighted by Crippen LogP contribution is 2.20. The Balaban J connectivity index is 2.25. The highest BCUT2D eigenvalue weighted by Gasteiger charge is 2.16. The fourth-order valence-electron chi connectivity index (χ4n) is 1.59. The van der Waals surface area contributed by atoms with Crippen LogP contribution in [0.4, 0.5) is 0 Å². The van der Waals surface area contributed by atoms with Crippen molar-refractivity contribution in [3.63, 3.8) is 0 Å². The topological polar surface area (TPSA) is 66.4 Å². The fourth-order valence-corrected chi connectivity index (χ4v) is 1.83. The second kappa shape index (κ2) is 5.09. The Bertz CT molecular complexity index is 254. The van der Waals surface area contributed by atoms with Gasteiger partial charge in [0.15, 0.2) is 0 Å². The third kappa shape index (κ3) is 3.94. The van der Waals surface area contributed by atoms with E-state index in [9.17, 15) is 13.0 Å². The van der Waals surface area contributed by atoms with E-state index in [2.05, 4.69) is 0 Å². The molecular formula is C9H17O4S-. The minimum atomic E-state index is -4.18. The van der Waals surface area contributed by atoms with Gasteiger partial charge in [0.05, 0.1) is 28.1 Å². The second-order valence-corrected chi connectivity index (χ2v) is 5.69. The van der Waals surface area contributed by atoms with E-state index < -0.39 is 15.4 Å². The van der Waals surface area contributed by atoms with Gasteiger partial charge in [0.25, 0.3) is 0 Å². The predicted molar refractivity (Wildman–Crippen MR) is 52.0 cm³/mol. The zero-order valence-electron chi connectivity index (χ0n) is 8.44. The lowest BCUT2D eigenvalue weighted by atomic mass is 9.98. The molecule has 1 rings (SSSR count). The second-order valence-electron chi connectivity index (χ2n) is 3.90. The average Bonchev–Trinajstić information content (AvgIpc) is 2.14. The molecule has 0 N–H and O–H groups in total. The van der Waals surface area contributed by atoms with Crippen LogP contribution in [0.2, 0.25) is 0 Å². The summed E-state index contributed by atoms with van der Waals surface area (Å²) >= 11 is 0. The van der Waals surface area contributed by atoms with Crippen LogP contribution in [0.1, 0.15) is 39.0 Å². The van der Waals surface area contributed by atoms with Crippen molar-refractivity contribution in [2.24, 2.45) is 0 Å². The van der Waals surface area contributed by atoms with Crippen LogP contribution in [0.5, 0.6) is 0 Å². The average molecular weight is 221 g/mol. The van der Waals surface area contributed by atoms with E-state index in [-0.39, 0.29) is 12.7 Å². The summed E-state index contributed by atoms with van der Waals surface area (Å²) in [6.07, 6.45) is 5.66. The van der Waals surface area contributed by atoms with Gasteiger partial charge in [0.1, 0.15) is 0 Å². The van der Waals surface area contributed by atoms with Crippen LogP contribution in [-0.4, -0.2) is 30.9 Å². The molecule has 0 aliphatic heterocycles.